The molecule has 0 saturated heterocycles. The third-order valence-electron chi connectivity index (χ3n) is 2.15. The predicted molar refractivity (Wildman–Crippen MR) is 56.8 cm³/mol. The minimum absolute atomic E-state index is 0.142. The first-order valence-corrected chi connectivity index (χ1v) is 4.73. The molecule has 1 N–H and O–H groups in total. The molecule has 0 aliphatic carbocycles. The van der Waals surface area contributed by atoms with Crippen molar-refractivity contribution in [3.05, 3.63) is 29.8 Å². The van der Waals surface area contributed by atoms with Gasteiger partial charge in [0.2, 0.25) is 0 Å². The minimum Gasteiger partial charge on any atom is -0.395 e. The molecule has 0 bridgehead atoms. The van der Waals surface area contributed by atoms with Crippen LogP contribution in [0.25, 0.3) is 0 Å². The van der Waals surface area contributed by atoms with Crippen molar-refractivity contribution in [2.24, 2.45) is 0 Å². The van der Waals surface area contributed by atoms with Gasteiger partial charge in [0.25, 0.3) is 0 Å². The molecule has 0 spiro atoms. The van der Waals surface area contributed by atoms with Crippen LogP contribution in [0.5, 0.6) is 0 Å². The van der Waals surface area contributed by atoms with Gasteiger partial charge in [-0.2, -0.15) is 0 Å². The Kier molecular flexibility index (Phi) is 4.13. The zero-order chi connectivity index (χ0) is 10.4. The lowest BCUT2D eigenvalue weighted by molar-refractivity contribution is 0.112. The Labute approximate surface area is 84.0 Å². The van der Waals surface area contributed by atoms with Crippen molar-refractivity contribution in [1.82, 2.24) is 0 Å². The maximum atomic E-state index is 10.4. The molecule has 0 aliphatic rings. The lowest BCUT2D eigenvalue weighted by atomic mass is 10.2. The van der Waals surface area contributed by atoms with Gasteiger partial charge in [-0.3, -0.25) is 4.79 Å². The van der Waals surface area contributed by atoms with E-state index in [-0.39, 0.29) is 6.61 Å². The van der Waals surface area contributed by atoms with E-state index >= 15 is 0 Å². The number of aliphatic hydroxyl groups excluding tert-OH is 1. The number of likely N-dealkylation sites (N-methyl/N-ethyl adjacent to an activating group) is 1. The fourth-order valence-electron chi connectivity index (χ4n) is 1.35. The monoisotopic (exact) mass is 193 g/mol. The summed E-state index contributed by atoms with van der Waals surface area (Å²) in [5, 5.41) is 8.83. The Hall–Kier alpha value is -1.35. The number of carbonyl (C=O) groups is 1. The van der Waals surface area contributed by atoms with Crippen molar-refractivity contribution in [2.45, 2.75) is 6.92 Å². The summed E-state index contributed by atoms with van der Waals surface area (Å²) in [4.78, 5) is 12.5. The standard InChI is InChI=1S/C11H15NO2/c1-2-12(7-8-13)11-5-3-10(9-14)4-6-11/h3-6,9,13H,2,7-8H2,1H3. The molecule has 0 heterocycles. The van der Waals surface area contributed by atoms with Gasteiger partial charge in [-0.15, -0.1) is 0 Å². The molecule has 0 aliphatic heterocycles. The second-order valence-corrected chi connectivity index (χ2v) is 3.01. The molecule has 14 heavy (non-hydrogen) atoms. The van der Waals surface area contributed by atoms with E-state index in [9.17, 15) is 4.79 Å². The molecule has 0 radical (unpaired) electrons. The first-order chi connectivity index (χ1) is 6.81. The number of anilines is 1. The summed E-state index contributed by atoms with van der Waals surface area (Å²) in [6.07, 6.45) is 0.826. The molecular weight excluding hydrogens is 178 g/mol. The highest BCUT2D eigenvalue weighted by molar-refractivity contribution is 5.75. The van der Waals surface area contributed by atoms with Crippen molar-refractivity contribution in [2.75, 3.05) is 24.6 Å². The number of nitrogens with zero attached hydrogens (tertiary/aromatic N) is 1. The lowest BCUT2D eigenvalue weighted by Gasteiger charge is -2.21. The molecule has 0 aromatic heterocycles. The highest BCUT2D eigenvalue weighted by Crippen LogP contribution is 2.13. The molecule has 0 fully saturated rings. The fourth-order valence-corrected chi connectivity index (χ4v) is 1.35. The molecule has 3 heteroatoms. The van der Waals surface area contributed by atoms with E-state index in [1.807, 2.05) is 19.1 Å². The zero-order valence-corrected chi connectivity index (χ0v) is 8.31. The first-order valence-electron chi connectivity index (χ1n) is 4.73. The Bertz CT molecular complexity index is 282. The van der Waals surface area contributed by atoms with E-state index in [1.165, 1.54) is 0 Å². The van der Waals surface area contributed by atoms with Gasteiger partial charge in [0.15, 0.2) is 0 Å². The summed E-state index contributed by atoms with van der Waals surface area (Å²) < 4.78 is 0. The number of benzene rings is 1. The SMILES string of the molecule is CCN(CCO)c1ccc(C=O)cc1. The highest BCUT2D eigenvalue weighted by atomic mass is 16.3. The molecule has 0 unspecified atom stereocenters. The summed E-state index contributed by atoms with van der Waals surface area (Å²) in [6.45, 7) is 3.64. The fraction of sp³-hybridized carbons (Fsp3) is 0.364. The summed E-state index contributed by atoms with van der Waals surface area (Å²) in [5.74, 6) is 0. The van der Waals surface area contributed by atoms with E-state index < -0.39 is 0 Å². The van der Waals surface area contributed by atoms with E-state index in [0.717, 1.165) is 18.5 Å². The van der Waals surface area contributed by atoms with Crippen molar-refractivity contribution in [3.8, 4) is 0 Å². The zero-order valence-electron chi connectivity index (χ0n) is 8.31. The average Bonchev–Trinajstić information content (AvgIpc) is 2.26. The van der Waals surface area contributed by atoms with E-state index in [4.69, 9.17) is 5.11 Å². The molecule has 1 aromatic carbocycles. The van der Waals surface area contributed by atoms with Crippen LogP contribution in [0.4, 0.5) is 5.69 Å². The molecule has 0 saturated carbocycles. The maximum absolute atomic E-state index is 10.4. The molecule has 3 nitrogen and oxygen atoms in total. The predicted octanol–water partition coefficient (Wildman–Crippen LogP) is 1.32. The second-order valence-electron chi connectivity index (χ2n) is 3.01. The Morgan fingerprint density at radius 3 is 2.43 bits per heavy atom. The van der Waals surface area contributed by atoms with Gasteiger partial charge in [-0.1, -0.05) is 0 Å². The largest absolute Gasteiger partial charge is 0.395 e. The topological polar surface area (TPSA) is 40.5 Å². The van der Waals surface area contributed by atoms with Gasteiger partial charge < -0.3 is 10.0 Å². The van der Waals surface area contributed by atoms with Crippen LogP contribution in [0.2, 0.25) is 0 Å². The molecule has 1 rings (SSSR count). The summed E-state index contributed by atoms with van der Waals surface area (Å²) in [6, 6.07) is 7.34. The Morgan fingerprint density at radius 2 is 2.00 bits per heavy atom. The quantitative estimate of drug-likeness (QED) is 0.717. The Morgan fingerprint density at radius 1 is 1.36 bits per heavy atom. The summed E-state index contributed by atoms with van der Waals surface area (Å²) in [7, 11) is 0. The summed E-state index contributed by atoms with van der Waals surface area (Å²) in [5.41, 5.74) is 1.71. The van der Waals surface area contributed by atoms with E-state index in [1.54, 1.807) is 12.1 Å². The van der Waals surface area contributed by atoms with Gasteiger partial charge in [-0.25, -0.2) is 0 Å². The van der Waals surface area contributed by atoms with Gasteiger partial charge in [0, 0.05) is 24.3 Å². The molecule has 76 valence electrons. The highest BCUT2D eigenvalue weighted by Gasteiger charge is 2.02. The minimum atomic E-state index is 0.142. The number of rotatable bonds is 5. The van der Waals surface area contributed by atoms with Crippen LogP contribution in [-0.2, 0) is 0 Å². The van der Waals surface area contributed by atoms with Gasteiger partial charge in [0.1, 0.15) is 6.29 Å². The molecule has 0 amide bonds. The van der Waals surface area contributed by atoms with E-state index in [0.29, 0.717) is 12.1 Å². The van der Waals surface area contributed by atoms with Gasteiger partial charge in [-0.05, 0) is 31.2 Å². The van der Waals surface area contributed by atoms with Crippen molar-refractivity contribution < 1.29 is 9.90 Å². The lowest BCUT2D eigenvalue weighted by Crippen LogP contribution is -2.25. The van der Waals surface area contributed by atoms with Crippen LogP contribution in [0, 0.1) is 0 Å². The van der Waals surface area contributed by atoms with Crippen LogP contribution in [0.1, 0.15) is 17.3 Å². The Balaban J connectivity index is 2.77. The van der Waals surface area contributed by atoms with Crippen molar-refractivity contribution in [3.63, 3.8) is 0 Å². The number of aliphatic hydroxyl groups is 1. The van der Waals surface area contributed by atoms with Crippen LogP contribution in [-0.4, -0.2) is 31.1 Å². The molecule has 0 atom stereocenters. The molecular formula is C11H15NO2. The van der Waals surface area contributed by atoms with Crippen molar-refractivity contribution in [1.29, 1.82) is 0 Å². The average molecular weight is 193 g/mol. The third kappa shape index (κ3) is 2.57. The normalized spacial score (nSPS) is 9.86. The van der Waals surface area contributed by atoms with Gasteiger partial charge in [0.05, 0.1) is 6.61 Å². The van der Waals surface area contributed by atoms with Crippen LogP contribution < -0.4 is 4.90 Å². The summed E-state index contributed by atoms with van der Waals surface area (Å²) >= 11 is 0. The third-order valence-corrected chi connectivity index (χ3v) is 2.15. The maximum Gasteiger partial charge on any atom is 0.150 e. The van der Waals surface area contributed by atoms with Crippen LogP contribution in [0.15, 0.2) is 24.3 Å². The van der Waals surface area contributed by atoms with Crippen LogP contribution in [0.3, 0.4) is 0 Å². The number of carbonyl (C=O) groups excluding carboxylic acids is 1. The number of aldehydes is 1. The van der Waals surface area contributed by atoms with Gasteiger partial charge >= 0.3 is 0 Å². The van der Waals surface area contributed by atoms with Crippen molar-refractivity contribution >= 4 is 12.0 Å². The number of hydrogen-bond donors (Lipinski definition) is 1. The molecule has 1 aromatic rings. The smallest absolute Gasteiger partial charge is 0.150 e. The first kappa shape index (κ1) is 10.7. The van der Waals surface area contributed by atoms with Crippen LogP contribution >= 0.6 is 0 Å². The van der Waals surface area contributed by atoms with E-state index in [2.05, 4.69) is 4.90 Å². The second kappa shape index (κ2) is 5.40. The number of hydrogen-bond acceptors (Lipinski definition) is 3.